The van der Waals surface area contributed by atoms with E-state index >= 15 is 0 Å². The smallest absolute Gasteiger partial charge is 0.328 e. The second kappa shape index (κ2) is 7.84. The first kappa shape index (κ1) is 21.2. The van der Waals surface area contributed by atoms with Crippen LogP contribution in [-0.4, -0.2) is 69.5 Å². The maximum absolute atomic E-state index is 12.0. The summed E-state index contributed by atoms with van der Waals surface area (Å²) >= 11 is 0. The van der Waals surface area contributed by atoms with Gasteiger partial charge in [0.25, 0.3) is 5.91 Å². The molecule has 2 rings (SSSR count). The van der Waals surface area contributed by atoms with Gasteiger partial charge in [0.2, 0.25) is 5.91 Å². The summed E-state index contributed by atoms with van der Waals surface area (Å²) in [5.74, 6) is -3.84. The van der Waals surface area contributed by atoms with Crippen molar-refractivity contribution in [2.45, 2.75) is 37.1 Å². The number of benzene rings is 1. The van der Waals surface area contributed by atoms with Gasteiger partial charge in [-0.2, -0.15) is 5.10 Å². The van der Waals surface area contributed by atoms with Gasteiger partial charge in [0, 0.05) is 24.2 Å². The SMILES string of the molecule is C[C@@H]1CC(=O)N1[C@@H](C(=O)O)[C@](C)(/C=N/NC(=O)c1ccc(O)c(O)c1)[SH](=O)=O. The largest absolute Gasteiger partial charge is 0.504 e. The number of amides is 2. The Morgan fingerprint density at radius 2 is 2.00 bits per heavy atom. The molecule has 0 spiro atoms. The fourth-order valence-electron chi connectivity index (χ4n) is 2.81. The molecule has 0 radical (unpaired) electrons. The highest BCUT2D eigenvalue weighted by Crippen LogP contribution is 2.29. The van der Waals surface area contributed by atoms with E-state index in [9.17, 15) is 38.1 Å². The van der Waals surface area contributed by atoms with Crippen LogP contribution in [0.2, 0.25) is 0 Å². The van der Waals surface area contributed by atoms with Crippen LogP contribution >= 0.6 is 0 Å². The molecule has 0 bridgehead atoms. The number of hydrogen-bond acceptors (Lipinski definition) is 8. The maximum atomic E-state index is 12.0. The number of thiol groups is 1. The highest BCUT2D eigenvalue weighted by Gasteiger charge is 2.52. The zero-order chi connectivity index (χ0) is 21.2. The van der Waals surface area contributed by atoms with E-state index in [-0.39, 0.29) is 12.0 Å². The van der Waals surface area contributed by atoms with Gasteiger partial charge >= 0.3 is 5.97 Å². The Kier molecular flexibility index (Phi) is 5.92. The van der Waals surface area contributed by atoms with Gasteiger partial charge in [0.15, 0.2) is 28.2 Å². The van der Waals surface area contributed by atoms with Crippen molar-refractivity contribution < 1.29 is 38.1 Å². The Morgan fingerprint density at radius 3 is 2.46 bits per heavy atom. The number of carbonyl (C=O) groups is 3. The van der Waals surface area contributed by atoms with Crippen molar-refractivity contribution in [2.75, 3.05) is 0 Å². The minimum absolute atomic E-state index is 0.0815. The summed E-state index contributed by atoms with van der Waals surface area (Å²) in [4.78, 5) is 36.5. The molecule has 1 saturated heterocycles. The van der Waals surface area contributed by atoms with Crippen LogP contribution in [0.4, 0.5) is 0 Å². The normalized spacial score (nSPS) is 19.9. The average molecular weight is 413 g/mol. The van der Waals surface area contributed by atoms with Crippen molar-refractivity contribution in [2.24, 2.45) is 5.10 Å². The van der Waals surface area contributed by atoms with Crippen molar-refractivity contribution in [3.8, 4) is 11.5 Å². The first-order valence-corrected chi connectivity index (χ1v) is 9.21. The second-order valence-electron chi connectivity index (χ2n) is 6.48. The molecule has 1 aromatic rings. The molecule has 12 heteroatoms. The summed E-state index contributed by atoms with van der Waals surface area (Å²) in [6.45, 7) is 2.67. The van der Waals surface area contributed by atoms with Gasteiger partial charge in [0.05, 0.1) is 0 Å². The van der Waals surface area contributed by atoms with Gasteiger partial charge in [-0.05, 0) is 32.0 Å². The molecular weight excluding hydrogens is 394 g/mol. The molecule has 1 aliphatic heterocycles. The van der Waals surface area contributed by atoms with E-state index in [4.69, 9.17) is 0 Å². The molecule has 0 unspecified atom stereocenters. The van der Waals surface area contributed by atoms with E-state index in [1.165, 1.54) is 6.07 Å². The van der Waals surface area contributed by atoms with Gasteiger partial charge in [-0.1, -0.05) is 0 Å². The minimum atomic E-state index is -3.40. The monoisotopic (exact) mass is 413 g/mol. The number of hydrazone groups is 1. The third kappa shape index (κ3) is 3.91. The number of nitrogens with one attached hydrogen (secondary N) is 1. The van der Waals surface area contributed by atoms with Crippen molar-refractivity contribution in [3.05, 3.63) is 23.8 Å². The fraction of sp³-hybridized carbons (Fsp3) is 0.375. The molecule has 4 N–H and O–H groups in total. The number of aliphatic carboxylic acids is 1. The number of aromatic hydroxyl groups is 2. The lowest BCUT2D eigenvalue weighted by molar-refractivity contribution is -0.161. The predicted octanol–water partition coefficient (Wildman–Crippen LogP) is -0.743. The van der Waals surface area contributed by atoms with Crippen molar-refractivity contribution in [1.82, 2.24) is 10.3 Å². The van der Waals surface area contributed by atoms with Crippen molar-refractivity contribution >= 4 is 34.7 Å². The van der Waals surface area contributed by atoms with Gasteiger partial charge < -0.3 is 20.2 Å². The topological polar surface area (TPSA) is 174 Å². The van der Waals surface area contributed by atoms with Gasteiger partial charge in [-0.3, -0.25) is 9.59 Å². The van der Waals surface area contributed by atoms with Crippen molar-refractivity contribution in [1.29, 1.82) is 0 Å². The molecule has 3 atom stereocenters. The molecule has 152 valence electrons. The Balaban J connectivity index is 2.26. The number of carboxylic acid groups (broad SMARTS) is 1. The number of likely N-dealkylation sites (tertiary alicyclic amines) is 1. The molecule has 0 aromatic heterocycles. The van der Waals surface area contributed by atoms with E-state index in [0.29, 0.717) is 0 Å². The standard InChI is InChI=1S/C16H19N3O8S/c1-8-5-12(22)19(8)13(15(24)25)16(2,28(26)27)7-17-18-14(23)9-3-4-10(20)11(21)6-9/h3-4,6-8,13,20-21,28H,5H2,1-2H3,(H,18,23)(H,24,25)/b17-7+/t8-,13+,16+/m1/s1. The Hall–Kier alpha value is -3.15. The molecule has 1 aromatic carbocycles. The quantitative estimate of drug-likeness (QED) is 0.128. The highest BCUT2D eigenvalue weighted by molar-refractivity contribution is 7.75. The van der Waals surface area contributed by atoms with Crippen LogP contribution in [0.3, 0.4) is 0 Å². The van der Waals surface area contributed by atoms with Crippen molar-refractivity contribution in [3.63, 3.8) is 0 Å². The Morgan fingerprint density at radius 1 is 1.36 bits per heavy atom. The molecule has 2 amide bonds. The Labute approximate surface area is 161 Å². The van der Waals surface area contributed by atoms with E-state index in [1.54, 1.807) is 6.92 Å². The lowest BCUT2D eigenvalue weighted by Crippen LogP contribution is -2.66. The van der Waals surface area contributed by atoms with Crippen LogP contribution in [0.15, 0.2) is 23.3 Å². The minimum Gasteiger partial charge on any atom is -0.504 e. The molecule has 1 heterocycles. The summed E-state index contributed by atoms with van der Waals surface area (Å²) in [6.07, 6.45) is 0.849. The fourth-order valence-corrected chi connectivity index (χ4v) is 3.39. The van der Waals surface area contributed by atoms with Crippen LogP contribution in [0.5, 0.6) is 11.5 Å². The lowest BCUT2D eigenvalue weighted by atomic mass is 9.92. The maximum Gasteiger partial charge on any atom is 0.328 e. The first-order chi connectivity index (χ1) is 13.0. The van der Waals surface area contributed by atoms with Crippen LogP contribution in [0, 0.1) is 0 Å². The number of phenols is 2. The van der Waals surface area contributed by atoms with Crippen LogP contribution in [0.1, 0.15) is 30.6 Å². The number of carbonyl (C=O) groups excluding carboxylic acids is 2. The summed E-state index contributed by atoms with van der Waals surface area (Å²) < 4.78 is 21.6. The molecule has 11 nitrogen and oxygen atoms in total. The number of hydrogen-bond donors (Lipinski definition) is 5. The van der Waals surface area contributed by atoms with E-state index in [1.807, 2.05) is 5.43 Å². The summed E-state index contributed by atoms with van der Waals surface area (Å²) in [5, 5.41) is 31.7. The zero-order valence-electron chi connectivity index (χ0n) is 14.9. The zero-order valence-corrected chi connectivity index (χ0v) is 15.8. The van der Waals surface area contributed by atoms with E-state index < -0.39 is 56.8 Å². The second-order valence-corrected chi connectivity index (χ2v) is 7.96. The summed E-state index contributed by atoms with van der Waals surface area (Å²) in [5.41, 5.74) is 1.94. The number of β-lactam (4-membered cyclic amide) rings is 1. The molecule has 0 aliphatic carbocycles. The number of phenolic OH excluding ortho intramolecular Hbond substituents is 2. The molecule has 1 aliphatic rings. The van der Waals surface area contributed by atoms with Gasteiger partial charge in [-0.15, -0.1) is 0 Å². The van der Waals surface area contributed by atoms with Crippen LogP contribution < -0.4 is 5.43 Å². The third-order valence-corrected chi connectivity index (χ3v) is 5.57. The third-order valence-electron chi connectivity index (χ3n) is 4.42. The lowest BCUT2D eigenvalue weighted by Gasteiger charge is -2.45. The number of carboxylic acids is 1. The van der Waals surface area contributed by atoms with E-state index in [0.717, 1.165) is 30.2 Å². The molecular formula is C16H19N3O8S. The molecule has 1 fully saturated rings. The first-order valence-electron chi connectivity index (χ1n) is 8.04. The van der Waals surface area contributed by atoms with Crippen LogP contribution in [-0.2, 0) is 20.3 Å². The molecule has 28 heavy (non-hydrogen) atoms. The number of nitrogens with zero attached hydrogens (tertiary/aromatic N) is 2. The summed E-state index contributed by atoms with van der Waals surface area (Å²) in [7, 11) is -3.40. The van der Waals surface area contributed by atoms with Gasteiger partial charge in [-0.25, -0.2) is 18.6 Å². The highest BCUT2D eigenvalue weighted by atomic mass is 32.2. The van der Waals surface area contributed by atoms with E-state index in [2.05, 4.69) is 5.10 Å². The number of rotatable bonds is 7. The molecule has 0 saturated carbocycles. The predicted molar refractivity (Wildman–Crippen MR) is 96.8 cm³/mol. The van der Waals surface area contributed by atoms with Gasteiger partial charge in [0.1, 0.15) is 4.75 Å². The average Bonchev–Trinajstić information content (AvgIpc) is 2.61. The van der Waals surface area contributed by atoms with Crippen LogP contribution in [0.25, 0.3) is 0 Å². The summed E-state index contributed by atoms with van der Waals surface area (Å²) in [6, 6.07) is 1.06. The Bertz CT molecular complexity index is 920.